The minimum atomic E-state index is 0.00149. The number of fused-ring (bicyclic) bond motifs is 13. The highest BCUT2D eigenvalue weighted by Crippen LogP contribution is 2.51. The van der Waals surface area contributed by atoms with E-state index in [0.717, 1.165) is 5.69 Å². The van der Waals surface area contributed by atoms with Crippen molar-refractivity contribution < 1.29 is 0 Å². The molecule has 0 spiro atoms. The molecule has 0 saturated carbocycles. The van der Waals surface area contributed by atoms with E-state index in [0.29, 0.717) is 11.8 Å². The van der Waals surface area contributed by atoms with Gasteiger partial charge in [0, 0.05) is 54.9 Å². The molecule has 13 aromatic rings. The number of benzene rings is 11. The smallest absolute Gasteiger partial charge is 0.252 e. The number of anilines is 3. The summed E-state index contributed by atoms with van der Waals surface area (Å²) in [5.41, 5.74) is 23.1. The fraction of sp³-hybridized carbons (Fsp3) is 0.0909. The number of aromatic nitrogens is 2. The summed E-state index contributed by atoms with van der Waals surface area (Å²) < 4.78 is 5.29. The summed E-state index contributed by atoms with van der Waals surface area (Å²) in [5, 5.41) is 12.9. The first-order valence-electron chi connectivity index (χ1n) is 25.1. The molecule has 0 atom stereocenters. The van der Waals surface area contributed by atoms with E-state index in [1.165, 1.54) is 148 Å². The number of hydrogen-bond donors (Lipinski definition) is 0. The third kappa shape index (κ3) is 4.85. The third-order valence-corrected chi connectivity index (χ3v) is 16.5. The van der Waals surface area contributed by atoms with Crippen LogP contribution in [0.25, 0.3) is 110 Å². The van der Waals surface area contributed by atoms with Crippen LogP contribution in [0.5, 0.6) is 0 Å². The van der Waals surface area contributed by atoms with Crippen LogP contribution in [0.3, 0.4) is 0 Å². The van der Waals surface area contributed by atoms with Crippen molar-refractivity contribution >= 4 is 116 Å². The molecule has 0 amide bonds. The second kappa shape index (κ2) is 13.7. The molecule has 2 aromatic heterocycles. The van der Waals surface area contributed by atoms with Gasteiger partial charge in [-0.05, 0) is 126 Å². The lowest BCUT2D eigenvalue weighted by molar-refractivity contribution is 0.867. The molecular formula is C66H46BN3. The maximum absolute atomic E-state index is 2.69. The van der Waals surface area contributed by atoms with Gasteiger partial charge in [-0.15, -0.1) is 0 Å². The van der Waals surface area contributed by atoms with Gasteiger partial charge in [0.15, 0.2) is 0 Å². The van der Waals surface area contributed by atoms with E-state index in [2.05, 4.69) is 236 Å². The quantitative estimate of drug-likeness (QED) is 0.160. The summed E-state index contributed by atoms with van der Waals surface area (Å²) in [6, 6.07) is 74.7. The standard InChI is InChI=1S/C66H46BN3/c1-37(2)42-28-30-56-53(33-42)67-54-34-43(38(3)4)32-52-51-29-26-40-15-6-8-19-46(40)65(51)70(66(52)54)60-36-44(35-59(64(60)67)69(56)55-24-12-16-39-14-5-7-18-45(39)55)68-57-25-13-23-50-48-21-10-9-20-47(48)49-22-11-17-41-27-31-58(68)63(61(41)49)62(50)57/h5-38H,1-4H3. The highest BCUT2D eigenvalue weighted by molar-refractivity contribution is 7.00. The molecule has 328 valence electrons. The molecule has 16 rings (SSSR count). The highest BCUT2D eigenvalue weighted by Gasteiger charge is 2.44. The minimum Gasteiger partial charge on any atom is -0.311 e. The molecule has 11 aromatic carbocycles. The molecule has 0 radical (unpaired) electrons. The monoisotopic (exact) mass is 891 g/mol. The average Bonchev–Trinajstić information content (AvgIpc) is 3.90. The molecule has 0 N–H and O–H groups in total. The maximum Gasteiger partial charge on any atom is 0.252 e. The van der Waals surface area contributed by atoms with E-state index >= 15 is 0 Å². The number of nitrogens with zero attached hydrogens (tertiary/aromatic N) is 3. The minimum absolute atomic E-state index is 0.00149. The van der Waals surface area contributed by atoms with Crippen molar-refractivity contribution in [1.29, 1.82) is 0 Å². The summed E-state index contributed by atoms with van der Waals surface area (Å²) in [5.74, 6) is 0.731. The van der Waals surface area contributed by atoms with Crippen LogP contribution in [0, 0.1) is 0 Å². The molecule has 0 bridgehead atoms. The molecule has 3 nitrogen and oxygen atoms in total. The Morgan fingerprint density at radius 2 is 0.986 bits per heavy atom. The second-order valence-corrected chi connectivity index (χ2v) is 20.8. The van der Waals surface area contributed by atoms with E-state index in [-0.39, 0.29) is 6.71 Å². The SMILES string of the molecule is CC(C)c1ccc2c(c1)B1c3c(cc(-n4c5cccc6c5c5c7c(cccc7ccc54)-c4ccccc4-6)cc3-n3c4c1cc(C(C)C)cc4c1ccc4ccccc4c13)N2c1cccc2ccccc12. The van der Waals surface area contributed by atoms with E-state index in [1.54, 1.807) is 0 Å². The Balaban J connectivity index is 1.13. The Morgan fingerprint density at radius 3 is 1.80 bits per heavy atom. The van der Waals surface area contributed by atoms with Crippen molar-refractivity contribution in [2.45, 2.75) is 39.5 Å². The molecule has 4 heterocycles. The van der Waals surface area contributed by atoms with Gasteiger partial charge in [-0.1, -0.05) is 179 Å². The summed E-state index contributed by atoms with van der Waals surface area (Å²) in [7, 11) is 0. The Kier molecular flexibility index (Phi) is 7.54. The van der Waals surface area contributed by atoms with Crippen molar-refractivity contribution in [3.8, 4) is 33.6 Å². The summed E-state index contributed by atoms with van der Waals surface area (Å²) >= 11 is 0. The third-order valence-electron chi connectivity index (χ3n) is 16.5. The molecule has 70 heavy (non-hydrogen) atoms. The zero-order valence-corrected chi connectivity index (χ0v) is 39.5. The fourth-order valence-corrected chi connectivity index (χ4v) is 13.4. The Morgan fingerprint density at radius 1 is 0.357 bits per heavy atom. The van der Waals surface area contributed by atoms with E-state index in [4.69, 9.17) is 0 Å². The predicted molar refractivity (Wildman–Crippen MR) is 300 cm³/mol. The van der Waals surface area contributed by atoms with Crippen LogP contribution in [0.4, 0.5) is 17.1 Å². The topological polar surface area (TPSA) is 13.1 Å². The van der Waals surface area contributed by atoms with Gasteiger partial charge >= 0.3 is 0 Å². The molecule has 3 aliphatic rings. The Hall–Kier alpha value is -8.34. The van der Waals surface area contributed by atoms with Crippen molar-refractivity contribution in [1.82, 2.24) is 9.13 Å². The predicted octanol–water partition coefficient (Wildman–Crippen LogP) is 15.8. The lowest BCUT2D eigenvalue weighted by atomic mass is 9.33. The van der Waals surface area contributed by atoms with E-state index < -0.39 is 0 Å². The first kappa shape index (κ1) is 38.6. The summed E-state index contributed by atoms with van der Waals surface area (Å²) in [6.45, 7) is 9.38. The van der Waals surface area contributed by atoms with E-state index in [9.17, 15) is 0 Å². The van der Waals surface area contributed by atoms with Gasteiger partial charge in [0.25, 0.3) is 6.71 Å². The molecule has 1 aliphatic carbocycles. The lowest BCUT2D eigenvalue weighted by Gasteiger charge is -2.41. The summed E-state index contributed by atoms with van der Waals surface area (Å²) in [4.78, 5) is 2.63. The molecule has 4 heteroatoms. The molecule has 0 saturated heterocycles. The van der Waals surface area contributed by atoms with Crippen molar-refractivity contribution in [3.63, 3.8) is 0 Å². The molecular weight excluding hydrogens is 846 g/mol. The second-order valence-electron chi connectivity index (χ2n) is 20.8. The highest BCUT2D eigenvalue weighted by atomic mass is 15.2. The van der Waals surface area contributed by atoms with Gasteiger partial charge in [0.05, 0.1) is 27.9 Å². The first-order valence-corrected chi connectivity index (χ1v) is 25.1. The zero-order valence-electron chi connectivity index (χ0n) is 39.5. The van der Waals surface area contributed by atoms with Gasteiger partial charge in [-0.3, -0.25) is 0 Å². The lowest BCUT2D eigenvalue weighted by Crippen LogP contribution is -2.60. The average molecular weight is 892 g/mol. The normalized spacial score (nSPS) is 13.3. The van der Waals surface area contributed by atoms with Gasteiger partial charge in [-0.2, -0.15) is 0 Å². The number of rotatable bonds is 4. The van der Waals surface area contributed by atoms with Crippen LogP contribution in [0.15, 0.2) is 194 Å². The van der Waals surface area contributed by atoms with E-state index in [1.807, 2.05) is 0 Å². The van der Waals surface area contributed by atoms with Gasteiger partial charge < -0.3 is 14.0 Å². The van der Waals surface area contributed by atoms with Gasteiger partial charge in [0.2, 0.25) is 0 Å². The largest absolute Gasteiger partial charge is 0.311 e. The maximum atomic E-state index is 2.69. The van der Waals surface area contributed by atoms with Crippen LogP contribution in [0.2, 0.25) is 0 Å². The molecule has 0 fully saturated rings. The Labute approximate surface area is 406 Å². The van der Waals surface area contributed by atoms with Gasteiger partial charge in [-0.25, -0.2) is 0 Å². The Bertz CT molecular complexity index is 4500. The van der Waals surface area contributed by atoms with Crippen LogP contribution in [-0.2, 0) is 0 Å². The van der Waals surface area contributed by atoms with Crippen LogP contribution < -0.4 is 21.3 Å². The van der Waals surface area contributed by atoms with Crippen molar-refractivity contribution in [2.24, 2.45) is 0 Å². The fourth-order valence-electron chi connectivity index (χ4n) is 13.4. The van der Waals surface area contributed by atoms with Gasteiger partial charge in [0.1, 0.15) is 0 Å². The first-order chi connectivity index (χ1) is 34.4. The van der Waals surface area contributed by atoms with Crippen LogP contribution in [-0.4, -0.2) is 15.8 Å². The summed E-state index contributed by atoms with van der Waals surface area (Å²) in [6.07, 6.45) is 0. The number of hydrogen-bond acceptors (Lipinski definition) is 1. The van der Waals surface area contributed by atoms with Crippen molar-refractivity contribution in [2.75, 3.05) is 4.90 Å². The molecule has 2 aliphatic heterocycles. The van der Waals surface area contributed by atoms with Crippen molar-refractivity contribution in [3.05, 3.63) is 205 Å². The van der Waals surface area contributed by atoms with Crippen LogP contribution >= 0.6 is 0 Å². The molecule has 0 unspecified atom stereocenters. The zero-order chi connectivity index (χ0) is 46.3. The van der Waals surface area contributed by atoms with Crippen LogP contribution in [0.1, 0.15) is 50.7 Å².